The second kappa shape index (κ2) is 6.43. The smallest absolute Gasteiger partial charge is 0.235 e. The third kappa shape index (κ3) is 2.79. The summed E-state index contributed by atoms with van der Waals surface area (Å²) < 4.78 is 1.79. The van der Waals surface area contributed by atoms with E-state index in [1.54, 1.807) is 41.9 Å². The standard InChI is InChI=1S/C22H21NO4/c1-23-17-8-4-3-7-15(17)19(24)20(25)16-13-14(9-10-18(16)23)21(26)22(27)11-5-2-6-12-22/h3-4,7-10,13,27H,2,5-6,11-12H2,1H3. The Bertz CT molecular complexity index is 1190. The molecule has 1 fully saturated rings. The maximum absolute atomic E-state index is 12.9. The van der Waals surface area contributed by atoms with Gasteiger partial charge in [0.25, 0.3) is 0 Å². The van der Waals surface area contributed by atoms with E-state index in [1.165, 1.54) is 6.07 Å². The molecule has 5 heteroatoms. The van der Waals surface area contributed by atoms with Gasteiger partial charge in [0, 0.05) is 18.0 Å². The molecule has 5 nitrogen and oxygen atoms in total. The number of aryl methyl sites for hydroxylation is 1. The quantitative estimate of drug-likeness (QED) is 0.561. The van der Waals surface area contributed by atoms with Crippen LogP contribution in [0.5, 0.6) is 0 Å². The lowest BCUT2D eigenvalue weighted by Gasteiger charge is -2.30. The molecule has 0 radical (unpaired) electrons. The number of aliphatic hydroxyl groups is 1. The highest BCUT2D eigenvalue weighted by Crippen LogP contribution is 2.31. The van der Waals surface area contributed by atoms with Crippen LogP contribution in [0.4, 0.5) is 0 Å². The van der Waals surface area contributed by atoms with Crippen molar-refractivity contribution in [2.45, 2.75) is 37.7 Å². The van der Waals surface area contributed by atoms with Crippen molar-refractivity contribution in [2.75, 3.05) is 0 Å². The average Bonchev–Trinajstić information content (AvgIpc) is 2.78. The second-order valence-electron chi connectivity index (χ2n) is 7.39. The summed E-state index contributed by atoms with van der Waals surface area (Å²) in [6.45, 7) is 0. The van der Waals surface area contributed by atoms with Crippen LogP contribution in [0, 0.1) is 0 Å². The zero-order chi connectivity index (χ0) is 19.2. The van der Waals surface area contributed by atoms with E-state index in [0.29, 0.717) is 29.3 Å². The Labute approximate surface area is 155 Å². The first-order chi connectivity index (χ1) is 12.9. The fourth-order valence-corrected chi connectivity index (χ4v) is 4.12. The van der Waals surface area contributed by atoms with Gasteiger partial charge in [0.15, 0.2) is 5.78 Å². The fraction of sp³-hybridized carbons (Fsp3) is 0.318. The lowest BCUT2D eigenvalue weighted by atomic mass is 9.79. The number of carbonyl (C=O) groups is 1. The number of hydrogen-bond donors (Lipinski definition) is 1. The van der Waals surface area contributed by atoms with Gasteiger partial charge in [-0.2, -0.15) is 0 Å². The summed E-state index contributed by atoms with van der Waals surface area (Å²) in [6.07, 6.45) is 3.49. The largest absolute Gasteiger partial charge is 0.382 e. The van der Waals surface area contributed by atoms with Gasteiger partial charge in [-0.05, 0) is 43.2 Å². The van der Waals surface area contributed by atoms with E-state index in [9.17, 15) is 19.5 Å². The number of fused-ring (bicyclic) bond motifs is 2. The Morgan fingerprint density at radius 2 is 1.56 bits per heavy atom. The predicted octanol–water partition coefficient (Wildman–Crippen LogP) is 2.93. The normalized spacial score (nSPS) is 16.5. The molecule has 0 saturated heterocycles. The first-order valence-corrected chi connectivity index (χ1v) is 9.25. The van der Waals surface area contributed by atoms with Crippen molar-refractivity contribution in [2.24, 2.45) is 7.05 Å². The fourth-order valence-electron chi connectivity index (χ4n) is 4.12. The second-order valence-corrected chi connectivity index (χ2v) is 7.39. The van der Waals surface area contributed by atoms with Crippen molar-refractivity contribution in [3.8, 4) is 0 Å². The Morgan fingerprint density at radius 1 is 0.926 bits per heavy atom. The third-order valence-corrected chi connectivity index (χ3v) is 5.68. The molecular formula is C22H21NO4. The number of Topliss-reactive ketones (excluding diaryl/α,β-unsaturated/α-hetero) is 1. The number of para-hydroxylation sites is 1. The number of aromatic nitrogens is 1. The van der Waals surface area contributed by atoms with Crippen molar-refractivity contribution < 1.29 is 9.90 Å². The molecule has 3 aromatic rings. The number of nitrogens with zero attached hydrogens (tertiary/aromatic N) is 1. The van der Waals surface area contributed by atoms with E-state index in [0.717, 1.165) is 19.3 Å². The van der Waals surface area contributed by atoms with E-state index < -0.39 is 16.5 Å². The molecule has 1 N–H and O–H groups in total. The summed E-state index contributed by atoms with van der Waals surface area (Å²) >= 11 is 0. The first-order valence-electron chi connectivity index (χ1n) is 9.25. The minimum absolute atomic E-state index is 0.198. The van der Waals surface area contributed by atoms with Crippen molar-refractivity contribution in [3.05, 3.63) is 68.5 Å². The molecule has 1 heterocycles. The monoisotopic (exact) mass is 363 g/mol. The molecular weight excluding hydrogens is 342 g/mol. The Kier molecular flexibility index (Phi) is 4.19. The van der Waals surface area contributed by atoms with Crippen LogP contribution in [-0.2, 0) is 7.05 Å². The topological polar surface area (TPSA) is 76.4 Å². The SMILES string of the molecule is Cn1c2ccccc2c(=O)c(=O)c2cc(C(=O)C3(O)CCCCC3)ccc21. The molecule has 27 heavy (non-hydrogen) atoms. The first kappa shape index (κ1) is 17.6. The van der Waals surface area contributed by atoms with E-state index >= 15 is 0 Å². The molecule has 2 aromatic carbocycles. The molecule has 1 aliphatic carbocycles. The zero-order valence-electron chi connectivity index (χ0n) is 15.2. The van der Waals surface area contributed by atoms with Crippen LogP contribution >= 0.6 is 0 Å². The van der Waals surface area contributed by atoms with Crippen LogP contribution in [0.3, 0.4) is 0 Å². The molecule has 0 atom stereocenters. The molecule has 0 amide bonds. The Hall–Kier alpha value is -2.79. The van der Waals surface area contributed by atoms with Gasteiger partial charge in [-0.15, -0.1) is 0 Å². The minimum Gasteiger partial charge on any atom is -0.382 e. The zero-order valence-corrected chi connectivity index (χ0v) is 15.2. The maximum atomic E-state index is 12.9. The highest BCUT2D eigenvalue weighted by Gasteiger charge is 2.37. The maximum Gasteiger partial charge on any atom is 0.235 e. The molecule has 0 spiro atoms. The number of rotatable bonds is 2. The average molecular weight is 363 g/mol. The lowest BCUT2D eigenvalue weighted by molar-refractivity contribution is 0.0116. The lowest BCUT2D eigenvalue weighted by Crippen LogP contribution is -2.40. The van der Waals surface area contributed by atoms with E-state index in [1.807, 2.05) is 6.07 Å². The Morgan fingerprint density at radius 3 is 2.30 bits per heavy atom. The summed E-state index contributed by atoms with van der Waals surface area (Å²) in [5, 5.41) is 11.3. The molecule has 1 aliphatic rings. The summed E-state index contributed by atoms with van der Waals surface area (Å²) in [5.41, 5.74) is -1.09. The van der Waals surface area contributed by atoms with E-state index in [-0.39, 0.29) is 16.7 Å². The molecule has 4 rings (SSSR count). The summed E-state index contributed by atoms with van der Waals surface area (Å²) in [4.78, 5) is 38.4. The predicted molar refractivity (Wildman–Crippen MR) is 105 cm³/mol. The van der Waals surface area contributed by atoms with Gasteiger partial charge in [0.1, 0.15) is 5.60 Å². The van der Waals surface area contributed by atoms with Crippen molar-refractivity contribution in [3.63, 3.8) is 0 Å². The molecule has 0 bridgehead atoms. The summed E-state index contributed by atoms with van der Waals surface area (Å²) in [7, 11) is 1.79. The molecule has 138 valence electrons. The molecule has 0 unspecified atom stereocenters. The van der Waals surface area contributed by atoms with Gasteiger partial charge in [-0.3, -0.25) is 14.4 Å². The van der Waals surface area contributed by atoms with Crippen LogP contribution < -0.4 is 10.9 Å². The van der Waals surface area contributed by atoms with Gasteiger partial charge >= 0.3 is 0 Å². The van der Waals surface area contributed by atoms with Crippen LogP contribution in [0.15, 0.2) is 52.1 Å². The van der Waals surface area contributed by atoms with Gasteiger partial charge in [0.2, 0.25) is 10.9 Å². The number of benzene rings is 2. The van der Waals surface area contributed by atoms with Crippen LogP contribution in [0.2, 0.25) is 0 Å². The molecule has 0 aliphatic heterocycles. The van der Waals surface area contributed by atoms with Crippen LogP contribution in [0.25, 0.3) is 21.8 Å². The third-order valence-electron chi connectivity index (χ3n) is 5.68. The summed E-state index contributed by atoms with van der Waals surface area (Å²) in [6, 6.07) is 11.7. The van der Waals surface area contributed by atoms with Crippen molar-refractivity contribution in [1.29, 1.82) is 0 Å². The van der Waals surface area contributed by atoms with Gasteiger partial charge < -0.3 is 9.67 Å². The van der Waals surface area contributed by atoms with Crippen LogP contribution in [0.1, 0.15) is 42.5 Å². The van der Waals surface area contributed by atoms with Gasteiger partial charge in [-0.25, -0.2) is 0 Å². The van der Waals surface area contributed by atoms with Gasteiger partial charge in [-0.1, -0.05) is 31.4 Å². The number of hydrogen-bond acceptors (Lipinski definition) is 4. The van der Waals surface area contributed by atoms with Crippen molar-refractivity contribution in [1.82, 2.24) is 4.57 Å². The van der Waals surface area contributed by atoms with Crippen LogP contribution in [-0.4, -0.2) is 21.1 Å². The number of carbonyl (C=O) groups excluding carboxylic acids is 1. The van der Waals surface area contributed by atoms with E-state index in [4.69, 9.17) is 0 Å². The summed E-state index contributed by atoms with van der Waals surface area (Å²) in [5.74, 6) is -0.366. The highest BCUT2D eigenvalue weighted by atomic mass is 16.3. The Balaban J connectivity index is 2.00. The van der Waals surface area contributed by atoms with Crippen molar-refractivity contribution >= 4 is 27.6 Å². The molecule has 1 aromatic heterocycles. The van der Waals surface area contributed by atoms with E-state index in [2.05, 4.69) is 0 Å². The highest BCUT2D eigenvalue weighted by molar-refractivity contribution is 6.05. The number of ketones is 1. The van der Waals surface area contributed by atoms with Gasteiger partial charge in [0.05, 0.1) is 16.4 Å². The molecule has 1 saturated carbocycles. The minimum atomic E-state index is -1.38.